The highest BCUT2D eigenvalue weighted by Gasteiger charge is 2.20. The van der Waals surface area contributed by atoms with Gasteiger partial charge < -0.3 is 0 Å². The van der Waals surface area contributed by atoms with Gasteiger partial charge in [-0.25, -0.2) is 0 Å². The molecule has 0 aliphatic rings. The average Bonchev–Trinajstić information content (AvgIpc) is 2.42. The van der Waals surface area contributed by atoms with Crippen LogP contribution in [-0.4, -0.2) is 29.4 Å². The summed E-state index contributed by atoms with van der Waals surface area (Å²) in [7, 11) is -2.16. The fourth-order valence-electron chi connectivity index (χ4n) is 0.934. The molecule has 0 bridgehead atoms. The van der Waals surface area contributed by atoms with Crippen LogP contribution in [0.2, 0.25) is 0 Å². The quantitative estimate of drug-likeness (QED) is 0.406. The van der Waals surface area contributed by atoms with Gasteiger partial charge >= 0.3 is 5.69 Å². The van der Waals surface area contributed by atoms with E-state index in [2.05, 4.69) is 9.28 Å². The molecule has 8 nitrogen and oxygen atoms in total. The summed E-state index contributed by atoms with van der Waals surface area (Å²) in [4.78, 5) is 9.86. The van der Waals surface area contributed by atoms with Gasteiger partial charge in [0.2, 0.25) is 0 Å². The molecule has 0 fully saturated rings. The molecule has 1 aromatic heterocycles. The maximum Gasteiger partial charge on any atom is 0.312 e. The minimum Gasteiger partial charge on any atom is -0.264 e. The number of aryl methyl sites for hydroxylation is 1. The highest BCUT2D eigenvalue weighted by molar-refractivity contribution is 7.85. The van der Waals surface area contributed by atoms with E-state index >= 15 is 0 Å². The number of nitrogens with zero attached hydrogens (tertiary/aromatic N) is 3. The summed E-state index contributed by atoms with van der Waals surface area (Å²) in [6.07, 6.45) is 1.91. The minimum absolute atomic E-state index is 0.102. The largest absolute Gasteiger partial charge is 0.312 e. The molecule has 0 aliphatic carbocycles. The van der Waals surface area contributed by atoms with Crippen LogP contribution in [0.25, 0.3) is 0 Å². The fraction of sp³-hybridized carbons (Fsp3) is 0.500. The molecule has 9 heteroatoms. The summed E-state index contributed by atoms with van der Waals surface area (Å²) in [5.41, 5.74) is -0.161. The summed E-state index contributed by atoms with van der Waals surface area (Å²) in [5, 5.41) is 14.1. The summed E-state index contributed by atoms with van der Waals surface area (Å²) in [6.45, 7) is -0.397. The van der Waals surface area contributed by atoms with E-state index in [-0.39, 0.29) is 11.4 Å². The molecule has 84 valence electrons. The molecule has 0 aliphatic heterocycles. The van der Waals surface area contributed by atoms with Gasteiger partial charge in [-0.1, -0.05) is 0 Å². The molecule has 1 aromatic rings. The normalized spacial score (nSPS) is 11.6. The Labute approximate surface area is 85.7 Å². The summed E-state index contributed by atoms with van der Waals surface area (Å²) >= 11 is 0. The van der Waals surface area contributed by atoms with Gasteiger partial charge in [0.1, 0.15) is 18.5 Å². The Hall–Kier alpha value is -1.48. The van der Waals surface area contributed by atoms with Crippen LogP contribution in [0.3, 0.4) is 0 Å². The highest BCUT2D eigenvalue weighted by atomic mass is 32.2. The topological polar surface area (TPSA) is 104 Å². The zero-order valence-electron chi connectivity index (χ0n) is 8.08. The zero-order chi connectivity index (χ0) is 11.6. The van der Waals surface area contributed by atoms with Crippen molar-refractivity contribution in [2.45, 2.75) is 6.61 Å². The molecule has 0 spiro atoms. The number of nitro groups is 1. The van der Waals surface area contributed by atoms with Crippen LogP contribution in [0.1, 0.15) is 5.69 Å². The molecule has 0 saturated carbocycles. The first-order valence-electron chi connectivity index (χ1n) is 3.81. The summed E-state index contributed by atoms with van der Waals surface area (Å²) in [6, 6.07) is 0. The second kappa shape index (κ2) is 3.95. The van der Waals surface area contributed by atoms with Crippen LogP contribution in [0.15, 0.2) is 6.20 Å². The van der Waals surface area contributed by atoms with E-state index < -0.39 is 21.6 Å². The standard InChI is InChI=1S/C6H9N3O5S/c1-8-6(4-14-15(2,12)13)5(3-7-8)9(10)11/h3H,4H2,1-2H3. The molecule has 0 unspecified atom stereocenters. The number of rotatable bonds is 4. The third kappa shape index (κ3) is 2.99. The second-order valence-corrected chi connectivity index (χ2v) is 4.47. The van der Waals surface area contributed by atoms with Crippen molar-refractivity contribution in [3.05, 3.63) is 22.0 Å². The second-order valence-electron chi connectivity index (χ2n) is 2.82. The van der Waals surface area contributed by atoms with Crippen molar-refractivity contribution in [3.63, 3.8) is 0 Å². The molecule has 0 aromatic carbocycles. The summed E-state index contributed by atoms with van der Waals surface area (Å²) in [5.74, 6) is 0. The maximum absolute atomic E-state index is 10.7. The lowest BCUT2D eigenvalue weighted by Crippen LogP contribution is -2.08. The van der Waals surface area contributed by atoms with E-state index in [1.807, 2.05) is 0 Å². The van der Waals surface area contributed by atoms with Crippen molar-refractivity contribution in [2.75, 3.05) is 6.26 Å². The highest BCUT2D eigenvalue weighted by Crippen LogP contribution is 2.18. The van der Waals surface area contributed by atoms with E-state index in [0.717, 1.165) is 12.5 Å². The van der Waals surface area contributed by atoms with Crippen LogP contribution in [-0.2, 0) is 28.0 Å². The fourth-order valence-corrected chi connectivity index (χ4v) is 1.26. The van der Waals surface area contributed by atoms with Gasteiger partial charge in [0.05, 0.1) is 11.2 Å². The Morgan fingerprint density at radius 1 is 1.67 bits per heavy atom. The molecule has 0 N–H and O–H groups in total. The summed E-state index contributed by atoms with van der Waals surface area (Å²) < 4.78 is 27.0. The number of hydrogen-bond acceptors (Lipinski definition) is 6. The van der Waals surface area contributed by atoms with Gasteiger partial charge in [0.25, 0.3) is 10.1 Å². The molecule has 15 heavy (non-hydrogen) atoms. The van der Waals surface area contributed by atoms with Gasteiger partial charge in [-0.05, 0) is 0 Å². The Morgan fingerprint density at radius 2 is 2.27 bits per heavy atom. The Kier molecular flexibility index (Phi) is 3.05. The van der Waals surface area contributed by atoms with Crippen LogP contribution in [0.5, 0.6) is 0 Å². The van der Waals surface area contributed by atoms with Gasteiger partial charge in [0, 0.05) is 7.05 Å². The van der Waals surface area contributed by atoms with Crippen LogP contribution >= 0.6 is 0 Å². The SMILES string of the molecule is Cn1ncc([N+](=O)[O-])c1COS(C)(=O)=O. The van der Waals surface area contributed by atoms with Gasteiger partial charge in [-0.3, -0.25) is 19.0 Å². The monoisotopic (exact) mass is 235 g/mol. The Morgan fingerprint density at radius 3 is 2.73 bits per heavy atom. The molecular weight excluding hydrogens is 226 g/mol. The van der Waals surface area contributed by atoms with Gasteiger partial charge in [-0.15, -0.1) is 0 Å². The molecule has 0 amide bonds. The smallest absolute Gasteiger partial charge is 0.264 e. The molecule has 1 rings (SSSR count). The van der Waals surface area contributed by atoms with Crippen molar-refractivity contribution in [1.82, 2.24) is 9.78 Å². The molecule has 0 saturated heterocycles. The first-order chi connectivity index (χ1) is 6.81. The lowest BCUT2D eigenvalue weighted by molar-refractivity contribution is -0.385. The first-order valence-corrected chi connectivity index (χ1v) is 5.62. The third-order valence-corrected chi connectivity index (χ3v) is 2.19. The lowest BCUT2D eigenvalue weighted by Gasteiger charge is -2.01. The average molecular weight is 235 g/mol. The van der Waals surface area contributed by atoms with Crippen LogP contribution in [0.4, 0.5) is 5.69 Å². The van der Waals surface area contributed by atoms with E-state index in [0.29, 0.717) is 0 Å². The lowest BCUT2D eigenvalue weighted by atomic mass is 10.4. The van der Waals surface area contributed by atoms with Crippen LogP contribution in [0, 0.1) is 10.1 Å². The Balaban J connectivity index is 2.93. The first kappa shape index (κ1) is 11.6. The van der Waals surface area contributed by atoms with Crippen molar-refractivity contribution >= 4 is 15.8 Å². The van der Waals surface area contributed by atoms with Crippen molar-refractivity contribution in [1.29, 1.82) is 0 Å². The number of aromatic nitrogens is 2. The molecule has 1 heterocycles. The molecule has 0 atom stereocenters. The predicted octanol–water partition coefficient (Wildman–Crippen LogP) is -0.196. The van der Waals surface area contributed by atoms with Gasteiger partial charge in [0.15, 0.2) is 0 Å². The number of hydrogen-bond donors (Lipinski definition) is 0. The van der Waals surface area contributed by atoms with Gasteiger partial charge in [-0.2, -0.15) is 13.5 Å². The maximum atomic E-state index is 10.7. The van der Waals surface area contributed by atoms with E-state index in [1.54, 1.807) is 0 Å². The van der Waals surface area contributed by atoms with Crippen molar-refractivity contribution < 1.29 is 17.5 Å². The predicted molar refractivity (Wildman–Crippen MR) is 49.5 cm³/mol. The van der Waals surface area contributed by atoms with E-state index in [9.17, 15) is 18.5 Å². The van der Waals surface area contributed by atoms with Crippen molar-refractivity contribution in [2.24, 2.45) is 7.05 Å². The van der Waals surface area contributed by atoms with Crippen molar-refractivity contribution in [3.8, 4) is 0 Å². The van der Waals surface area contributed by atoms with E-state index in [1.165, 1.54) is 11.7 Å². The zero-order valence-corrected chi connectivity index (χ0v) is 8.89. The third-order valence-electron chi connectivity index (χ3n) is 1.65. The van der Waals surface area contributed by atoms with E-state index in [4.69, 9.17) is 0 Å². The Bertz CT molecular complexity index is 477. The minimum atomic E-state index is -3.62. The molecule has 0 radical (unpaired) electrons. The van der Waals surface area contributed by atoms with Crippen LogP contribution < -0.4 is 0 Å². The molecular formula is C6H9N3O5S.